The number of primary amides is 1. The monoisotopic (exact) mass is 317 g/mol. The zero-order valence-electron chi connectivity index (χ0n) is 11.4. The maximum Gasteiger partial charge on any atom is 0.270 e. The van der Waals surface area contributed by atoms with Gasteiger partial charge in [-0.15, -0.1) is 0 Å². The molecular formula is C13H17Cl2N3O2. The molecule has 2 heterocycles. The molecule has 20 heavy (non-hydrogen) atoms. The van der Waals surface area contributed by atoms with E-state index in [0.29, 0.717) is 22.4 Å². The summed E-state index contributed by atoms with van der Waals surface area (Å²) in [5.41, 5.74) is 5.76. The fourth-order valence-electron chi connectivity index (χ4n) is 2.52. The second-order valence-corrected chi connectivity index (χ2v) is 5.98. The minimum absolute atomic E-state index is 0.0607. The lowest BCUT2D eigenvalue weighted by molar-refractivity contribution is -0.123. The van der Waals surface area contributed by atoms with Crippen molar-refractivity contribution in [1.82, 2.24) is 9.47 Å². The quantitative estimate of drug-likeness (QED) is 0.907. The lowest BCUT2D eigenvalue weighted by Gasteiger charge is -2.36. The van der Waals surface area contributed by atoms with Crippen LogP contribution in [0.4, 0.5) is 0 Å². The highest BCUT2D eigenvalue weighted by Gasteiger charge is 2.33. The van der Waals surface area contributed by atoms with Crippen molar-refractivity contribution in [3.05, 3.63) is 21.9 Å². The molecule has 5 nitrogen and oxygen atoms in total. The van der Waals surface area contributed by atoms with Crippen molar-refractivity contribution < 1.29 is 9.59 Å². The molecule has 1 aromatic rings. The molecule has 110 valence electrons. The van der Waals surface area contributed by atoms with Crippen LogP contribution < -0.4 is 5.73 Å². The van der Waals surface area contributed by atoms with Gasteiger partial charge in [-0.2, -0.15) is 0 Å². The number of halogens is 2. The van der Waals surface area contributed by atoms with Gasteiger partial charge in [0, 0.05) is 19.6 Å². The van der Waals surface area contributed by atoms with E-state index in [1.54, 1.807) is 22.6 Å². The molecule has 1 aliphatic rings. The third-order valence-corrected chi connectivity index (χ3v) is 4.72. The Bertz CT molecular complexity index is 556. The number of rotatable bonds is 2. The van der Waals surface area contributed by atoms with E-state index in [-0.39, 0.29) is 23.8 Å². The average molecular weight is 318 g/mol. The van der Waals surface area contributed by atoms with Gasteiger partial charge >= 0.3 is 0 Å². The number of carbonyl (C=O) groups is 2. The van der Waals surface area contributed by atoms with Gasteiger partial charge in [0.1, 0.15) is 10.8 Å². The highest BCUT2D eigenvalue weighted by molar-refractivity contribution is 6.41. The zero-order chi connectivity index (χ0) is 15.0. The number of carbonyl (C=O) groups excluding carboxylic acids is 2. The van der Waals surface area contributed by atoms with Gasteiger partial charge in [-0.05, 0) is 25.8 Å². The van der Waals surface area contributed by atoms with Gasteiger partial charge in [-0.25, -0.2) is 0 Å². The van der Waals surface area contributed by atoms with Gasteiger partial charge in [0.2, 0.25) is 5.91 Å². The first kappa shape index (κ1) is 15.2. The predicted molar refractivity (Wildman–Crippen MR) is 77.8 cm³/mol. The van der Waals surface area contributed by atoms with E-state index >= 15 is 0 Å². The van der Waals surface area contributed by atoms with Gasteiger partial charge in [0.25, 0.3) is 5.91 Å². The van der Waals surface area contributed by atoms with E-state index in [2.05, 4.69) is 0 Å². The first-order valence-corrected chi connectivity index (χ1v) is 7.19. The molecule has 2 atom stereocenters. The Morgan fingerprint density at radius 2 is 2.00 bits per heavy atom. The number of nitrogens with zero attached hydrogens (tertiary/aromatic N) is 2. The number of piperidine rings is 1. The van der Waals surface area contributed by atoms with E-state index in [9.17, 15) is 9.59 Å². The Hall–Kier alpha value is -1.20. The number of hydrogen-bond acceptors (Lipinski definition) is 2. The maximum absolute atomic E-state index is 12.6. The van der Waals surface area contributed by atoms with Crippen molar-refractivity contribution >= 4 is 35.0 Å². The zero-order valence-corrected chi connectivity index (χ0v) is 12.9. The molecule has 1 fully saturated rings. The summed E-state index contributed by atoms with van der Waals surface area (Å²) in [6.07, 6.45) is 1.47. The summed E-state index contributed by atoms with van der Waals surface area (Å²) in [6, 6.07) is 1.61. The lowest BCUT2D eigenvalue weighted by atomic mass is 9.92. The smallest absolute Gasteiger partial charge is 0.270 e. The van der Waals surface area contributed by atoms with Crippen LogP contribution in [0.1, 0.15) is 30.3 Å². The standard InChI is InChI=1S/C13H17Cl2N3O2/c1-7-3-4-8(12(16)19)6-18(7)13(20)10-5-9(14)11(15)17(10)2/h5,7-8H,3-4,6H2,1-2H3,(H2,16,19)/t7-,8-/m1/s1. The minimum Gasteiger partial charge on any atom is -0.369 e. The Balaban J connectivity index is 2.26. The van der Waals surface area contributed by atoms with E-state index in [1.165, 1.54) is 0 Å². The molecule has 0 spiro atoms. The summed E-state index contributed by atoms with van der Waals surface area (Å²) in [6.45, 7) is 2.30. The van der Waals surface area contributed by atoms with E-state index in [1.807, 2.05) is 6.92 Å². The number of amides is 2. The Labute approximate surface area is 127 Å². The van der Waals surface area contributed by atoms with Crippen LogP contribution in [0.5, 0.6) is 0 Å². The molecule has 0 saturated carbocycles. The normalized spacial score (nSPS) is 22.9. The molecule has 0 aliphatic carbocycles. The summed E-state index contributed by atoms with van der Waals surface area (Å²) in [7, 11) is 1.68. The van der Waals surface area contributed by atoms with Crippen molar-refractivity contribution in [3.63, 3.8) is 0 Å². The second kappa shape index (κ2) is 5.66. The van der Waals surface area contributed by atoms with Gasteiger partial charge in [0.15, 0.2) is 0 Å². The molecule has 0 unspecified atom stereocenters. The highest BCUT2D eigenvalue weighted by atomic mass is 35.5. The van der Waals surface area contributed by atoms with Crippen LogP contribution in [0.2, 0.25) is 10.2 Å². The molecule has 1 aliphatic heterocycles. The molecule has 0 aromatic carbocycles. The molecular weight excluding hydrogens is 301 g/mol. The topological polar surface area (TPSA) is 68.3 Å². The molecule has 2 N–H and O–H groups in total. The number of hydrogen-bond donors (Lipinski definition) is 1. The molecule has 0 radical (unpaired) electrons. The van der Waals surface area contributed by atoms with Gasteiger partial charge in [-0.3, -0.25) is 9.59 Å². The number of aromatic nitrogens is 1. The predicted octanol–water partition coefficient (Wildman–Crippen LogP) is 2.06. The van der Waals surface area contributed by atoms with Crippen LogP contribution in [-0.4, -0.2) is 33.9 Å². The van der Waals surface area contributed by atoms with Crippen LogP contribution in [0.15, 0.2) is 6.07 Å². The van der Waals surface area contributed by atoms with Gasteiger partial charge in [0.05, 0.1) is 10.9 Å². The van der Waals surface area contributed by atoms with Crippen LogP contribution in [-0.2, 0) is 11.8 Å². The maximum atomic E-state index is 12.6. The van der Waals surface area contributed by atoms with Gasteiger partial charge in [-0.1, -0.05) is 23.2 Å². The van der Waals surface area contributed by atoms with Crippen molar-refractivity contribution in [2.24, 2.45) is 18.7 Å². The highest BCUT2D eigenvalue weighted by Crippen LogP contribution is 2.28. The Morgan fingerprint density at radius 1 is 1.35 bits per heavy atom. The van der Waals surface area contributed by atoms with E-state index in [0.717, 1.165) is 12.8 Å². The number of likely N-dealkylation sites (tertiary alicyclic amines) is 1. The second-order valence-electron chi connectivity index (χ2n) is 5.21. The van der Waals surface area contributed by atoms with Crippen molar-refractivity contribution in [3.8, 4) is 0 Å². The van der Waals surface area contributed by atoms with E-state index in [4.69, 9.17) is 28.9 Å². The van der Waals surface area contributed by atoms with Crippen molar-refractivity contribution in [2.75, 3.05) is 6.54 Å². The van der Waals surface area contributed by atoms with Crippen LogP contribution >= 0.6 is 23.2 Å². The summed E-state index contributed by atoms with van der Waals surface area (Å²) in [5, 5.41) is 0.666. The van der Waals surface area contributed by atoms with E-state index < -0.39 is 0 Å². The molecule has 2 amide bonds. The summed E-state index contributed by atoms with van der Waals surface area (Å²) in [4.78, 5) is 25.6. The first-order valence-electron chi connectivity index (χ1n) is 6.44. The average Bonchev–Trinajstić information content (AvgIpc) is 2.66. The van der Waals surface area contributed by atoms with Crippen LogP contribution in [0.25, 0.3) is 0 Å². The molecule has 1 saturated heterocycles. The van der Waals surface area contributed by atoms with Crippen LogP contribution in [0.3, 0.4) is 0 Å². The fraction of sp³-hybridized carbons (Fsp3) is 0.538. The molecule has 2 rings (SSSR count). The third kappa shape index (κ3) is 2.65. The molecule has 1 aromatic heterocycles. The van der Waals surface area contributed by atoms with Crippen LogP contribution in [0, 0.1) is 5.92 Å². The summed E-state index contributed by atoms with van der Waals surface area (Å²) in [5.74, 6) is -0.834. The Morgan fingerprint density at radius 3 is 2.50 bits per heavy atom. The SMILES string of the molecule is C[C@@H]1CC[C@@H](C(N)=O)CN1C(=O)c1cc(Cl)c(Cl)n1C. The minimum atomic E-state index is -0.363. The summed E-state index contributed by atoms with van der Waals surface area (Å²) < 4.78 is 1.55. The molecule has 7 heteroatoms. The molecule has 0 bridgehead atoms. The largest absolute Gasteiger partial charge is 0.369 e. The van der Waals surface area contributed by atoms with Gasteiger partial charge < -0.3 is 15.2 Å². The lowest BCUT2D eigenvalue weighted by Crippen LogP contribution is -2.49. The van der Waals surface area contributed by atoms with Crippen molar-refractivity contribution in [1.29, 1.82) is 0 Å². The number of nitrogens with two attached hydrogens (primary N) is 1. The first-order chi connectivity index (χ1) is 9.32. The Kier molecular flexibility index (Phi) is 4.30. The summed E-state index contributed by atoms with van der Waals surface area (Å²) >= 11 is 11.9. The fourth-order valence-corrected chi connectivity index (χ4v) is 2.89. The third-order valence-electron chi connectivity index (χ3n) is 3.88. The van der Waals surface area contributed by atoms with Crippen molar-refractivity contribution in [2.45, 2.75) is 25.8 Å².